The van der Waals surface area contributed by atoms with Crippen molar-refractivity contribution in [3.63, 3.8) is 0 Å². The molecule has 0 aromatic rings. The first kappa shape index (κ1) is 15.3. The molecule has 0 bridgehead atoms. The second-order valence-electron chi connectivity index (χ2n) is 7.29. The van der Waals surface area contributed by atoms with Gasteiger partial charge in [-0.1, -0.05) is 26.7 Å². The topological polar surface area (TPSA) is 0 Å². The molecule has 0 aliphatic carbocycles. The lowest BCUT2D eigenvalue weighted by atomic mass is 10.2. The third kappa shape index (κ3) is 3.95. The Morgan fingerprint density at radius 2 is 1.00 bits per heavy atom. The van der Waals surface area contributed by atoms with Crippen LogP contribution in [0.5, 0.6) is 0 Å². The molecule has 112 valence electrons. The standard InChI is InChI=1S/C17H36N2/c1-3-5-11-18(13-7-8-14-18)17-19(12-6-4-2)15-9-10-16-19/h3-17H2,1-2H3/q+2. The normalized spacial score (nSPS) is 24.9. The van der Waals surface area contributed by atoms with Gasteiger partial charge in [-0.2, -0.15) is 0 Å². The Kier molecular flexibility index (Phi) is 5.70. The van der Waals surface area contributed by atoms with E-state index in [2.05, 4.69) is 13.8 Å². The summed E-state index contributed by atoms with van der Waals surface area (Å²) < 4.78 is 2.94. The van der Waals surface area contributed by atoms with Crippen LogP contribution >= 0.6 is 0 Å². The predicted molar refractivity (Wildman–Crippen MR) is 82.9 cm³/mol. The van der Waals surface area contributed by atoms with Gasteiger partial charge >= 0.3 is 0 Å². The summed E-state index contributed by atoms with van der Waals surface area (Å²) in [7, 11) is 0. The van der Waals surface area contributed by atoms with Crippen molar-refractivity contribution in [2.45, 2.75) is 65.2 Å². The molecular formula is C17H36N2+2. The van der Waals surface area contributed by atoms with E-state index in [9.17, 15) is 0 Å². The lowest BCUT2D eigenvalue weighted by molar-refractivity contribution is -1.09. The summed E-state index contributed by atoms with van der Waals surface area (Å²) in [6, 6.07) is 0. The Morgan fingerprint density at radius 1 is 0.632 bits per heavy atom. The summed E-state index contributed by atoms with van der Waals surface area (Å²) in [6.45, 7) is 15.0. The minimum Gasteiger partial charge on any atom is -0.277 e. The molecule has 2 heteroatoms. The Bertz CT molecular complexity index is 224. The van der Waals surface area contributed by atoms with Gasteiger partial charge in [0.2, 0.25) is 6.67 Å². The van der Waals surface area contributed by atoms with E-state index in [1.54, 1.807) is 0 Å². The minimum atomic E-state index is 1.37. The summed E-state index contributed by atoms with van der Waals surface area (Å²) in [6.07, 6.45) is 11.6. The Morgan fingerprint density at radius 3 is 1.32 bits per heavy atom. The molecule has 0 saturated carbocycles. The summed E-state index contributed by atoms with van der Waals surface area (Å²) in [5.74, 6) is 0. The molecule has 2 nitrogen and oxygen atoms in total. The van der Waals surface area contributed by atoms with E-state index < -0.39 is 0 Å². The number of likely N-dealkylation sites (tertiary alicyclic amines) is 2. The van der Waals surface area contributed by atoms with E-state index >= 15 is 0 Å². The van der Waals surface area contributed by atoms with Crippen LogP contribution in [0, 0.1) is 0 Å². The number of hydrogen-bond donors (Lipinski definition) is 0. The summed E-state index contributed by atoms with van der Waals surface area (Å²) >= 11 is 0. The summed E-state index contributed by atoms with van der Waals surface area (Å²) in [5, 5.41) is 0. The van der Waals surface area contributed by atoms with Crippen molar-refractivity contribution in [2.24, 2.45) is 0 Å². The van der Waals surface area contributed by atoms with Crippen LogP contribution in [-0.2, 0) is 0 Å². The van der Waals surface area contributed by atoms with Crippen molar-refractivity contribution in [1.82, 2.24) is 0 Å². The highest BCUT2D eigenvalue weighted by Gasteiger charge is 2.42. The van der Waals surface area contributed by atoms with Gasteiger partial charge in [-0.25, -0.2) is 0 Å². The van der Waals surface area contributed by atoms with E-state index in [1.165, 1.54) is 106 Å². The van der Waals surface area contributed by atoms with Crippen LogP contribution in [0.1, 0.15) is 65.2 Å². The largest absolute Gasteiger partial charge is 0.277 e. The number of hydrogen-bond acceptors (Lipinski definition) is 0. The molecule has 0 aromatic carbocycles. The number of unbranched alkanes of at least 4 members (excludes halogenated alkanes) is 2. The van der Waals surface area contributed by atoms with Crippen molar-refractivity contribution in [3.8, 4) is 0 Å². The zero-order chi connectivity index (χ0) is 13.6. The molecule has 2 saturated heterocycles. The van der Waals surface area contributed by atoms with E-state index in [1.807, 2.05) is 0 Å². The van der Waals surface area contributed by atoms with Crippen molar-refractivity contribution in [1.29, 1.82) is 0 Å². The molecule has 0 spiro atoms. The monoisotopic (exact) mass is 268 g/mol. The predicted octanol–water partition coefficient (Wildman–Crippen LogP) is 3.77. The highest BCUT2D eigenvalue weighted by atomic mass is 15.5. The van der Waals surface area contributed by atoms with Crippen molar-refractivity contribution >= 4 is 0 Å². The fourth-order valence-electron chi connectivity index (χ4n) is 4.51. The van der Waals surface area contributed by atoms with Crippen LogP contribution in [0.3, 0.4) is 0 Å². The maximum atomic E-state index is 2.35. The zero-order valence-corrected chi connectivity index (χ0v) is 13.5. The molecule has 0 N–H and O–H groups in total. The highest BCUT2D eigenvalue weighted by molar-refractivity contribution is 4.58. The van der Waals surface area contributed by atoms with Crippen LogP contribution in [0.15, 0.2) is 0 Å². The quantitative estimate of drug-likeness (QED) is 0.588. The molecular weight excluding hydrogens is 232 g/mol. The van der Waals surface area contributed by atoms with Crippen LogP contribution in [0.25, 0.3) is 0 Å². The third-order valence-corrected chi connectivity index (χ3v) is 5.60. The van der Waals surface area contributed by atoms with E-state index in [0.29, 0.717) is 0 Å². The second kappa shape index (κ2) is 7.08. The smallest absolute Gasteiger partial charge is 0.207 e. The molecule has 0 aromatic heterocycles. The number of nitrogens with zero attached hydrogens (tertiary/aromatic N) is 2. The van der Waals surface area contributed by atoms with Crippen LogP contribution in [-0.4, -0.2) is 54.9 Å². The number of quaternary nitrogens is 2. The van der Waals surface area contributed by atoms with Gasteiger partial charge in [-0.05, 0) is 12.8 Å². The molecule has 0 radical (unpaired) electrons. The maximum Gasteiger partial charge on any atom is 0.207 e. The second-order valence-corrected chi connectivity index (χ2v) is 7.29. The highest BCUT2D eigenvalue weighted by Crippen LogP contribution is 2.29. The van der Waals surface area contributed by atoms with E-state index in [-0.39, 0.29) is 0 Å². The summed E-state index contributed by atoms with van der Waals surface area (Å²) in [4.78, 5) is 0. The lowest BCUT2D eigenvalue weighted by Gasteiger charge is -2.43. The van der Waals surface area contributed by atoms with Gasteiger partial charge < -0.3 is 0 Å². The lowest BCUT2D eigenvalue weighted by Crippen LogP contribution is -2.61. The van der Waals surface area contributed by atoms with Gasteiger partial charge in [-0.3, -0.25) is 8.97 Å². The fourth-order valence-corrected chi connectivity index (χ4v) is 4.51. The van der Waals surface area contributed by atoms with Gasteiger partial charge in [-0.15, -0.1) is 0 Å². The molecule has 0 amide bonds. The van der Waals surface area contributed by atoms with Crippen LogP contribution in [0.4, 0.5) is 0 Å². The SMILES string of the molecule is CCCC[N+]1(C[N+]2(CCCC)CCCC2)CCCC1. The van der Waals surface area contributed by atoms with E-state index in [4.69, 9.17) is 0 Å². The van der Waals surface area contributed by atoms with Gasteiger partial charge in [0.25, 0.3) is 0 Å². The minimum absolute atomic E-state index is 1.37. The average Bonchev–Trinajstić information content (AvgIpc) is 3.05. The van der Waals surface area contributed by atoms with Crippen molar-refractivity contribution < 1.29 is 8.97 Å². The van der Waals surface area contributed by atoms with Gasteiger partial charge in [0.05, 0.1) is 39.3 Å². The fraction of sp³-hybridized carbons (Fsp3) is 1.00. The van der Waals surface area contributed by atoms with Gasteiger partial charge in [0.1, 0.15) is 0 Å². The molecule has 0 unspecified atom stereocenters. The zero-order valence-electron chi connectivity index (χ0n) is 13.5. The van der Waals surface area contributed by atoms with Crippen molar-refractivity contribution in [3.05, 3.63) is 0 Å². The first-order chi connectivity index (χ1) is 9.24. The van der Waals surface area contributed by atoms with Crippen molar-refractivity contribution in [2.75, 3.05) is 45.9 Å². The Balaban J connectivity index is 2.00. The number of rotatable bonds is 8. The molecule has 2 aliphatic rings. The molecule has 2 heterocycles. The Labute approximate surface area is 121 Å². The average molecular weight is 268 g/mol. The molecule has 0 atom stereocenters. The van der Waals surface area contributed by atoms with Gasteiger partial charge in [0, 0.05) is 25.7 Å². The maximum absolute atomic E-state index is 2.35. The Hall–Kier alpha value is -0.0800. The molecule has 2 fully saturated rings. The molecule has 19 heavy (non-hydrogen) atoms. The first-order valence-electron chi connectivity index (χ1n) is 8.94. The van der Waals surface area contributed by atoms with Crippen LogP contribution < -0.4 is 0 Å². The van der Waals surface area contributed by atoms with Gasteiger partial charge in [0.15, 0.2) is 0 Å². The third-order valence-electron chi connectivity index (χ3n) is 5.60. The first-order valence-corrected chi connectivity index (χ1v) is 8.94. The molecule has 2 aliphatic heterocycles. The summed E-state index contributed by atoms with van der Waals surface area (Å²) in [5.41, 5.74) is 0. The van der Waals surface area contributed by atoms with Crippen LogP contribution in [0.2, 0.25) is 0 Å². The van der Waals surface area contributed by atoms with E-state index in [0.717, 1.165) is 0 Å². The molecule has 2 rings (SSSR count).